The minimum atomic E-state index is -0.612. The molecule has 0 saturated carbocycles. The van der Waals surface area contributed by atoms with Crippen LogP contribution in [-0.2, 0) is 4.74 Å². The van der Waals surface area contributed by atoms with Crippen LogP contribution >= 0.6 is 0 Å². The van der Waals surface area contributed by atoms with Crippen molar-refractivity contribution in [3.05, 3.63) is 70.8 Å². The predicted octanol–water partition coefficient (Wildman–Crippen LogP) is 4.06. The number of benzene rings is 2. The van der Waals surface area contributed by atoms with Gasteiger partial charge in [0.2, 0.25) is 0 Å². The fourth-order valence-corrected chi connectivity index (χ4v) is 3.82. The van der Waals surface area contributed by atoms with Crippen molar-refractivity contribution in [2.45, 2.75) is 45.8 Å². The molecule has 2 aromatic rings. The summed E-state index contributed by atoms with van der Waals surface area (Å²) in [5, 5.41) is 17.2. The van der Waals surface area contributed by atoms with Gasteiger partial charge in [-0.1, -0.05) is 59.7 Å². The van der Waals surface area contributed by atoms with E-state index in [0.29, 0.717) is 12.5 Å². The average molecular weight is 410 g/mol. The van der Waals surface area contributed by atoms with E-state index in [1.165, 1.54) is 16.7 Å². The number of rotatable bonds is 7. The van der Waals surface area contributed by atoms with Crippen LogP contribution < -0.4 is 10.6 Å². The summed E-state index contributed by atoms with van der Waals surface area (Å²) in [5.41, 5.74) is 4.57. The number of aliphatic hydroxyl groups is 1. The Morgan fingerprint density at radius 2 is 1.73 bits per heavy atom. The number of nitrogens with zero attached hydrogens (tertiary/aromatic N) is 1. The number of hydrogen-bond acceptors (Lipinski definition) is 3. The molecule has 1 aliphatic rings. The van der Waals surface area contributed by atoms with Crippen molar-refractivity contribution < 1.29 is 9.84 Å². The van der Waals surface area contributed by atoms with Crippen LogP contribution in [0.15, 0.2) is 53.5 Å². The number of aliphatic imine (C=N–C) groups is 1. The molecule has 0 aliphatic carbocycles. The molecule has 1 fully saturated rings. The second kappa shape index (κ2) is 11.1. The number of aliphatic hydroxyl groups excluding tert-OH is 1. The fraction of sp³-hybridized carbons (Fsp3) is 0.480. The van der Waals surface area contributed by atoms with E-state index in [-0.39, 0.29) is 6.10 Å². The summed E-state index contributed by atoms with van der Waals surface area (Å²) >= 11 is 0. The molecule has 2 aromatic carbocycles. The lowest BCUT2D eigenvalue weighted by Crippen LogP contribution is -2.42. The second-order valence-corrected chi connectivity index (χ2v) is 8.13. The van der Waals surface area contributed by atoms with Gasteiger partial charge in [-0.25, -0.2) is 0 Å². The maximum Gasteiger partial charge on any atom is 0.191 e. The molecule has 0 amide bonds. The highest BCUT2D eigenvalue weighted by Crippen LogP contribution is 2.33. The second-order valence-electron chi connectivity index (χ2n) is 8.13. The Morgan fingerprint density at radius 1 is 1.07 bits per heavy atom. The zero-order chi connectivity index (χ0) is 21.3. The average Bonchev–Trinajstić information content (AvgIpc) is 2.77. The van der Waals surface area contributed by atoms with Gasteiger partial charge in [0.05, 0.1) is 18.8 Å². The van der Waals surface area contributed by atoms with Crippen molar-refractivity contribution in [1.82, 2.24) is 10.6 Å². The highest BCUT2D eigenvalue weighted by atomic mass is 16.5. The number of ether oxygens (including phenoxy) is 1. The molecule has 5 heteroatoms. The van der Waals surface area contributed by atoms with Crippen LogP contribution in [0.2, 0.25) is 0 Å². The lowest BCUT2D eigenvalue weighted by Gasteiger charge is -2.32. The first-order chi connectivity index (χ1) is 14.6. The number of guanidine groups is 1. The summed E-state index contributed by atoms with van der Waals surface area (Å²) in [5.74, 6) is 1.12. The molecule has 3 unspecified atom stereocenters. The lowest BCUT2D eigenvalue weighted by atomic mass is 9.89. The molecule has 0 spiro atoms. The minimum Gasteiger partial charge on any atom is -0.386 e. The fourth-order valence-electron chi connectivity index (χ4n) is 3.82. The molecular weight excluding hydrogens is 374 g/mol. The van der Waals surface area contributed by atoms with E-state index in [2.05, 4.69) is 46.8 Å². The smallest absolute Gasteiger partial charge is 0.191 e. The number of hydrogen-bond donors (Lipinski definition) is 3. The predicted molar refractivity (Wildman–Crippen MR) is 123 cm³/mol. The molecule has 0 bridgehead atoms. The molecule has 30 heavy (non-hydrogen) atoms. The SMILES string of the molecule is CCNC(=NCC(O)c1ccc(C)cc1)NCC1CCCOC1c1ccc(C)cc1. The van der Waals surface area contributed by atoms with Gasteiger partial charge in [0.1, 0.15) is 0 Å². The van der Waals surface area contributed by atoms with E-state index in [1.54, 1.807) is 0 Å². The lowest BCUT2D eigenvalue weighted by molar-refractivity contribution is -0.0265. The molecular formula is C25H35N3O2. The van der Waals surface area contributed by atoms with Gasteiger partial charge in [0.25, 0.3) is 0 Å². The first-order valence-electron chi connectivity index (χ1n) is 11.0. The molecule has 3 atom stereocenters. The van der Waals surface area contributed by atoms with Gasteiger partial charge in [0, 0.05) is 25.6 Å². The first kappa shape index (κ1) is 22.3. The van der Waals surface area contributed by atoms with Gasteiger partial charge in [-0.2, -0.15) is 0 Å². The highest BCUT2D eigenvalue weighted by Gasteiger charge is 2.27. The quantitative estimate of drug-likeness (QED) is 0.477. The van der Waals surface area contributed by atoms with Crippen LogP contribution in [0.4, 0.5) is 0 Å². The van der Waals surface area contributed by atoms with Crippen molar-refractivity contribution >= 4 is 5.96 Å². The van der Waals surface area contributed by atoms with Gasteiger partial charge < -0.3 is 20.5 Å². The summed E-state index contributed by atoms with van der Waals surface area (Å²) in [6.07, 6.45) is 1.69. The normalized spacial score (nSPS) is 20.6. The van der Waals surface area contributed by atoms with E-state index in [4.69, 9.17) is 4.74 Å². The summed E-state index contributed by atoms with van der Waals surface area (Å²) in [4.78, 5) is 4.61. The molecule has 162 valence electrons. The molecule has 1 aliphatic heterocycles. The van der Waals surface area contributed by atoms with Crippen molar-refractivity contribution in [3.8, 4) is 0 Å². The zero-order valence-electron chi connectivity index (χ0n) is 18.4. The molecule has 5 nitrogen and oxygen atoms in total. The Hall–Kier alpha value is -2.37. The number of aryl methyl sites for hydroxylation is 2. The maximum absolute atomic E-state index is 10.5. The van der Waals surface area contributed by atoms with Gasteiger partial charge in [-0.05, 0) is 44.7 Å². The Balaban J connectivity index is 1.61. The van der Waals surface area contributed by atoms with E-state index in [1.807, 2.05) is 38.1 Å². The van der Waals surface area contributed by atoms with Crippen molar-refractivity contribution in [3.63, 3.8) is 0 Å². The molecule has 0 radical (unpaired) electrons. The van der Waals surface area contributed by atoms with E-state index in [9.17, 15) is 5.11 Å². The summed E-state index contributed by atoms with van der Waals surface area (Å²) in [7, 11) is 0. The van der Waals surface area contributed by atoms with Crippen molar-refractivity contribution in [2.75, 3.05) is 26.2 Å². The topological polar surface area (TPSA) is 65.9 Å². The Morgan fingerprint density at radius 3 is 2.40 bits per heavy atom. The van der Waals surface area contributed by atoms with E-state index >= 15 is 0 Å². The molecule has 1 saturated heterocycles. The Labute approximate surface area is 180 Å². The van der Waals surface area contributed by atoms with Gasteiger partial charge in [0.15, 0.2) is 5.96 Å². The van der Waals surface area contributed by atoms with Crippen LogP contribution in [0.5, 0.6) is 0 Å². The first-order valence-corrected chi connectivity index (χ1v) is 11.0. The largest absolute Gasteiger partial charge is 0.386 e. The monoisotopic (exact) mass is 409 g/mol. The zero-order valence-corrected chi connectivity index (χ0v) is 18.4. The van der Waals surface area contributed by atoms with E-state index < -0.39 is 6.10 Å². The minimum absolute atomic E-state index is 0.105. The van der Waals surface area contributed by atoms with Crippen LogP contribution in [-0.4, -0.2) is 37.3 Å². The van der Waals surface area contributed by atoms with Crippen LogP contribution in [0.3, 0.4) is 0 Å². The summed E-state index contributed by atoms with van der Waals surface area (Å²) in [6, 6.07) is 16.6. The highest BCUT2D eigenvalue weighted by molar-refractivity contribution is 5.79. The van der Waals surface area contributed by atoms with Crippen LogP contribution in [0.25, 0.3) is 0 Å². The van der Waals surface area contributed by atoms with Gasteiger partial charge >= 0.3 is 0 Å². The molecule has 3 rings (SSSR count). The van der Waals surface area contributed by atoms with Crippen molar-refractivity contribution in [2.24, 2.45) is 10.9 Å². The van der Waals surface area contributed by atoms with Crippen LogP contribution in [0, 0.1) is 19.8 Å². The Kier molecular flexibility index (Phi) is 8.29. The molecule has 3 N–H and O–H groups in total. The molecule has 0 aromatic heterocycles. The van der Waals surface area contributed by atoms with Gasteiger partial charge in [-0.15, -0.1) is 0 Å². The third-order valence-electron chi connectivity index (χ3n) is 5.61. The third kappa shape index (κ3) is 6.31. The summed E-state index contributed by atoms with van der Waals surface area (Å²) in [6.45, 7) is 8.88. The standard InChI is InChI=1S/C25H35N3O2/c1-4-26-25(28-17-23(29)20-11-7-18(2)8-12-20)27-16-22-6-5-15-30-24(22)21-13-9-19(3)10-14-21/h7-14,22-24,29H,4-6,15-17H2,1-3H3,(H2,26,27,28). The number of nitrogens with one attached hydrogen (secondary N) is 2. The van der Waals surface area contributed by atoms with Crippen molar-refractivity contribution in [1.29, 1.82) is 0 Å². The van der Waals surface area contributed by atoms with Crippen LogP contribution in [0.1, 0.15) is 54.2 Å². The third-order valence-corrected chi connectivity index (χ3v) is 5.61. The van der Waals surface area contributed by atoms with Gasteiger partial charge in [-0.3, -0.25) is 4.99 Å². The maximum atomic E-state index is 10.5. The van der Waals surface area contributed by atoms with E-state index in [0.717, 1.165) is 44.1 Å². The Bertz CT molecular complexity index is 802. The summed E-state index contributed by atoms with van der Waals surface area (Å²) < 4.78 is 6.13. The molecule has 1 heterocycles.